The Morgan fingerprint density at radius 3 is 2.85 bits per heavy atom. The van der Waals surface area contributed by atoms with Gasteiger partial charge < -0.3 is 4.42 Å². The fourth-order valence-electron chi connectivity index (χ4n) is 0.901. The normalized spacial score (nSPS) is 10.6. The van der Waals surface area contributed by atoms with Crippen LogP contribution in [0.4, 0.5) is 0 Å². The molecule has 74 valence electrons. The lowest BCUT2D eigenvalue weighted by Crippen LogP contribution is -1.82. The average Bonchev–Trinajstić information content (AvgIpc) is 2.51. The summed E-state index contributed by atoms with van der Waals surface area (Å²) in [5, 5.41) is 1.58. The van der Waals surface area contributed by atoms with E-state index < -0.39 is 0 Å². The molecule has 0 spiro atoms. The lowest BCUT2D eigenvalue weighted by Gasteiger charge is -1.97. The summed E-state index contributed by atoms with van der Waals surface area (Å²) in [6, 6.07) is 3.72. The van der Waals surface area contributed by atoms with E-state index in [0.717, 1.165) is 16.8 Å². The molecule has 0 aliphatic carbocycles. The molecule has 0 fully saturated rings. The first-order valence-electron chi connectivity index (χ1n) is 4.21. The zero-order valence-electron chi connectivity index (χ0n) is 7.26. The van der Waals surface area contributed by atoms with Gasteiger partial charge in [-0.3, -0.25) is 0 Å². The molecule has 13 heavy (non-hydrogen) atoms. The van der Waals surface area contributed by atoms with Crippen molar-refractivity contribution in [1.82, 2.24) is 0 Å². The van der Waals surface area contributed by atoms with Gasteiger partial charge in [0.1, 0.15) is 5.76 Å². The van der Waals surface area contributed by atoms with Gasteiger partial charge in [-0.1, -0.05) is 15.9 Å². The molecule has 0 aromatic carbocycles. The second-order valence-corrected chi connectivity index (χ2v) is 4.93. The first-order chi connectivity index (χ1) is 6.33. The van der Waals surface area contributed by atoms with Crippen molar-refractivity contribution >= 4 is 39.3 Å². The molecule has 0 unspecified atom stereocenters. The Labute approximate surface area is 96.3 Å². The Bertz CT molecular complexity index is 239. The van der Waals surface area contributed by atoms with Gasteiger partial charge in [0.05, 0.1) is 5.75 Å². The van der Waals surface area contributed by atoms with Crippen molar-refractivity contribution in [3.8, 4) is 0 Å². The minimum atomic E-state index is 0.482. The molecule has 0 saturated carbocycles. The van der Waals surface area contributed by atoms with Crippen LogP contribution >= 0.6 is 39.3 Å². The molecule has 0 bridgehead atoms. The summed E-state index contributed by atoms with van der Waals surface area (Å²) in [5.74, 6) is 3.08. The maximum Gasteiger partial charge on any atom is 0.193 e. The molecule has 0 radical (unpaired) electrons. The van der Waals surface area contributed by atoms with Gasteiger partial charge in [0, 0.05) is 5.33 Å². The third kappa shape index (κ3) is 4.99. The standard InChI is InChI=1S/C9H12BrClOS/c10-5-1-2-6-13-7-8-3-4-9(11)12-8/h3-4H,1-2,5-7H2. The molecule has 0 aliphatic heterocycles. The van der Waals surface area contributed by atoms with E-state index in [4.69, 9.17) is 16.0 Å². The highest BCUT2D eigenvalue weighted by atomic mass is 79.9. The third-order valence-corrected chi connectivity index (χ3v) is 3.38. The number of alkyl halides is 1. The molecule has 0 atom stereocenters. The number of thioether (sulfide) groups is 1. The van der Waals surface area contributed by atoms with Gasteiger partial charge in [-0.25, -0.2) is 0 Å². The summed E-state index contributed by atoms with van der Waals surface area (Å²) in [6.45, 7) is 0. The highest BCUT2D eigenvalue weighted by Crippen LogP contribution is 2.19. The van der Waals surface area contributed by atoms with Gasteiger partial charge in [0.15, 0.2) is 5.22 Å². The lowest BCUT2D eigenvalue weighted by atomic mass is 10.4. The Morgan fingerprint density at radius 1 is 1.38 bits per heavy atom. The molecule has 1 rings (SSSR count). The van der Waals surface area contributed by atoms with Crippen molar-refractivity contribution in [3.05, 3.63) is 23.1 Å². The molecule has 0 aliphatic rings. The van der Waals surface area contributed by atoms with Crippen LogP contribution in [-0.4, -0.2) is 11.1 Å². The summed E-state index contributed by atoms with van der Waals surface area (Å²) < 4.78 is 5.23. The summed E-state index contributed by atoms with van der Waals surface area (Å²) in [4.78, 5) is 0. The van der Waals surface area contributed by atoms with Crippen LogP contribution < -0.4 is 0 Å². The fraction of sp³-hybridized carbons (Fsp3) is 0.556. The van der Waals surface area contributed by atoms with Crippen LogP contribution in [0.5, 0.6) is 0 Å². The maximum absolute atomic E-state index is 5.64. The van der Waals surface area contributed by atoms with E-state index in [9.17, 15) is 0 Å². The second kappa shape index (κ2) is 6.80. The highest BCUT2D eigenvalue weighted by molar-refractivity contribution is 9.09. The molecule has 1 heterocycles. The molecule has 0 amide bonds. The quantitative estimate of drug-likeness (QED) is 0.569. The van der Waals surface area contributed by atoms with Gasteiger partial charge in [-0.2, -0.15) is 11.8 Å². The minimum Gasteiger partial charge on any atom is -0.449 e. The van der Waals surface area contributed by atoms with Gasteiger partial charge in [-0.05, 0) is 42.3 Å². The van der Waals surface area contributed by atoms with Crippen LogP contribution in [0.3, 0.4) is 0 Å². The van der Waals surface area contributed by atoms with E-state index in [0.29, 0.717) is 5.22 Å². The average molecular weight is 284 g/mol. The van der Waals surface area contributed by atoms with Crippen LogP contribution in [0.25, 0.3) is 0 Å². The monoisotopic (exact) mass is 282 g/mol. The SMILES string of the molecule is Clc1ccc(CSCCCCBr)o1. The van der Waals surface area contributed by atoms with Gasteiger partial charge in [0.25, 0.3) is 0 Å². The van der Waals surface area contributed by atoms with Gasteiger partial charge >= 0.3 is 0 Å². The van der Waals surface area contributed by atoms with Crippen molar-refractivity contribution in [3.63, 3.8) is 0 Å². The van der Waals surface area contributed by atoms with Crippen molar-refractivity contribution in [2.75, 3.05) is 11.1 Å². The Hall–Kier alpha value is 0.400. The van der Waals surface area contributed by atoms with Gasteiger partial charge in [-0.15, -0.1) is 0 Å². The van der Waals surface area contributed by atoms with Crippen LogP contribution in [0.1, 0.15) is 18.6 Å². The fourth-order valence-corrected chi connectivity index (χ4v) is 2.37. The van der Waals surface area contributed by atoms with E-state index in [1.165, 1.54) is 18.6 Å². The molecule has 4 heteroatoms. The predicted octanol–water partition coefficient (Wildman–Crippen LogP) is 4.34. The smallest absolute Gasteiger partial charge is 0.193 e. The minimum absolute atomic E-state index is 0.482. The van der Waals surface area contributed by atoms with E-state index in [1.807, 2.05) is 17.8 Å². The number of halogens is 2. The van der Waals surface area contributed by atoms with E-state index in [1.54, 1.807) is 6.07 Å². The molecule has 1 aromatic rings. The molecule has 1 aromatic heterocycles. The zero-order valence-corrected chi connectivity index (χ0v) is 10.4. The summed E-state index contributed by atoms with van der Waals surface area (Å²) in [5.41, 5.74) is 0. The Kier molecular flexibility index (Phi) is 6.00. The van der Waals surface area contributed by atoms with Crippen LogP contribution in [0.2, 0.25) is 5.22 Å². The van der Waals surface area contributed by atoms with Crippen LogP contribution in [0.15, 0.2) is 16.5 Å². The predicted molar refractivity (Wildman–Crippen MR) is 62.9 cm³/mol. The summed E-state index contributed by atoms with van der Waals surface area (Å²) in [7, 11) is 0. The maximum atomic E-state index is 5.64. The first-order valence-corrected chi connectivity index (χ1v) is 6.86. The third-order valence-electron chi connectivity index (χ3n) is 1.55. The van der Waals surface area contributed by atoms with Crippen molar-refractivity contribution in [1.29, 1.82) is 0 Å². The van der Waals surface area contributed by atoms with Gasteiger partial charge in [0.2, 0.25) is 0 Å². The Morgan fingerprint density at radius 2 is 2.23 bits per heavy atom. The van der Waals surface area contributed by atoms with Crippen molar-refractivity contribution < 1.29 is 4.42 Å². The van der Waals surface area contributed by atoms with Crippen molar-refractivity contribution in [2.45, 2.75) is 18.6 Å². The molecule has 1 nitrogen and oxygen atoms in total. The zero-order chi connectivity index (χ0) is 9.52. The largest absolute Gasteiger partial charge is 0.449 e. The number of hydrogen-bond donors (Lipinski definition) is 0. The lowest BCUT2D eigenvalue weighted by molar-refractivity contribution is 0.532. The number of rotatable bonds is 6. The first kappa shape index (κ1) is 11.5. The topological polar surface area (TPSA) is 13.1 Å². The number of unbranched alkanes of at least 4 members (excludes halogenated alkanes) is 1. The molecular formula is C9H12BrClOS. The summed E-state index contributed by atoms with van der Waals surface area (Å²) in [6.07, 6.45) is 2.50. The van der Waals surface area contributed by atoms with E-state index in [2.05, 4.69) is 15.9 Å². The van der Waals surface area contributed by atoms with Crippen molar-refractivity contribution in [2.24, 2.45) is 0 Å². The number of furan rings is 1. The van der Waals surface area contributed by atoms with Crippen LogP contribution in [0, 0.1) is 0 Å². The summed E-state index contributed by atoms with van der Waals surface area (Å²) >= 11 is 10.9. The Balaban J connectivity index is 2.06. The molecule has 0 N–H and O–H groups in total. The van der Waals surface area contributed by atoms with E-state index >= 15 is 0 Å². The highest BCUT2D eigenvalue weighted by Gasteiger charge is 1.98. The second-order valence-electron chi connectivity index (χ2n) is 2.65. The number of hydrogen-bond acceptors (Lipinski definition) is 2. The van der Waals surface area contributed by atoms with Crippen LogP contribution in [-0.2, 0) is 5.75 Å². The molecular weight excluding hydrogens is 272 g/mol. The van der Waals surface area contributed by atoms with E-state index in [-0.39, 0.29) is 0 Å². The molecule has 0 saturated heterocycles.